The second-order valence-corrected chi connectivity index (χ2v) is 14.3. The van der Waals surface area contributed by atoms with Crippen molar-refractivity contribution in [2.45, 2.75) is 58.0 Å². The molecular formula is C33H37NOS3. The Balaban J connectivity index is 1.24. The van der Waals surface area contributed by atoms with Crippen molar-refractivity contribution in [3.05, 3.63) is 95.6 Å². The van der Waals surface area contributed by atoms with Gasteiger partial charge in [0.2, 0.25) is 0 Å². The van der Waals surface area contributed by atoms with E-state index >= 15 is 0 Å². The first-order chi connectivity index (χ1) is 18.6. The Bertz CT molecular complexity index is 1210. The maximum Gasteiger partial charge on any atom is 0.140 e. The van der Waals surface area contributed by atoms with Gasteiger partial charge in [-0.3, -0.25) is 4.90 Å². The van der Waals surface area contributed by atoms with Crippen molar-refractivity contribution in [3.8, 4) is 11.8 Å². The van der Waals surface area contributed by atoms with Gasteiger partial charge in [0.25, 0.3) is 0 Å². The topological polar surface area (TPSA) is 23.5 Å². The minimum atomic E-state index is -1.04. The van der Waals surface area contributed by atoms with Crippen molar-refractivity contribution in [2.75, 3.05) is 31.6 Å². The Morgan fingerprint density at radius 1 is 0.816 bits per heavy atom. The summed E-state index contributed by atoms with van der Waals surface area (Å²) in [7, 11) is 2.17. The lowest BCUT2D eigenvalue weighted by Gasteiger charge is -2.51. The molecule has 0 aromatic heterocycles. The molecule has 5 rings (SSSR count). The van der Waals surface area contributed by atoms with Crippen LogP contribution in [0.1, 0.15) is 48.8 Å². The van der Waals surface area contributed by atoms with Crippen LogP contribution < -0.4 is 0 Å². The van der Waals surface area contributed by atoms with Gasteiger partial charge in [0.1, 0.15) is 5.60 Å². The third-order valence-electron chi connectivity index (χ3n) is 7.44. The number of aryl methyl sites for hydroxylation is 1. The zero-order valence-electron chi connectivity index (χ0n) is 22.2. The van der Waals surface area contributed by atoms with Gasteiger partial charge in [-0.1, -0.05) is 84.4 Å². The summed E-state index contributed by atoms with van der Waals surface area (Å²) < 4.78 is -0.351. The molecule has 0 unspecified atom stereocenters. The number of aliphatic hydroxyl groups is 1. The van der Waals surface area contributed by atoms with E-state index in [-0.39, 0.29) is 4.08 Å². The average Bonchev–Trinajstić information content (AvgIpc) is 2.96. The minimum absolute atomic E-state index is 0.351. The fourth-order valence-electron chi connectivity index (χ4n) is 5.43. The largest absolute Gasteiger partial charge is 0.378 e. The lowest BCUT2D eigenvalue weighted by molar-refractivity contribution is 0.0578. The van der Waals surface area contributed by atoms with Crippen LogP contribution in [0.5, 0.6) is 0 Å². The fraction of sp³-hybridized carbons (Fsp3) is 0.394. The van der Waals surface area contributed by atoms with Crippen LogP contribution >= 0.6 is 35.3 Å². The summed E-state index contributed by atoms with van der Waals surface area (Å²) in [6.45, 7) is 1.87. The summed E-state index contributed by atoms with van der Waals surface area (Å²) in [5, 5.41) is 12.8. The number of nitrogens with zero attached hydrogens (tertiary/aromatic N) is 1. The van der Waals surface area contributed by atoms with Crippen LogP contribution in [0.15, 0.2) is 88.7 Å². The van der Waals surface area contributed by atoms with Crippen molar-refractivity contribution in [2.24, 2.45) is 0 Å². The highest BCUT2D eigenvalue weighted by molar-refractivity contribution is 8.18. The first-order valence-corrected chi connectivity index (χ1v) is 16.5. The van der Waals surface area contributed by atoms with Crippen LogP contribution in [0.25, 0.3) is 0 Å². The van der Waals surface area contributed by atoms with E-state index in [1.165, 1.54) is 34.6 Å². The van der Waals surface area contributed by atoms with Crippen LogP contribution in [0, 0.1) is 11.8 Å². The lowest BCUT2D eigenvalue weighted by atomic mass is 9.80. The molecule has 0 saturated carbocycles. The van der Waals surface area contributed by atoms with Gasteiger partial charge in [-0.25, -0.2) is 0 Å². The summed E-state index contributed by atoms with van der Waals surface area (Å²) in [4.78, 5) is 4.66. The highest BCUT2D eigenvalue weighted by Crippen LogP contribution is 2.63. The first kappa shape index (κ1) is 27.7. The van der Waals surface area contributed by atoms with Gasteiger partial charge in [0, 0.05) is 27.3 Å². The van der Waals surface area contributed by atoms with Crippen LogP contribution in [0.2, 0.25) is 0 Å². The molecule has 3 aromatic carbocycles. The molecule has 2 aliphatic heterocycles. The van der Waals surface area contributed by atoms with E-state index in [2.05, 4.69) is 103 Å². The van der Waals surface area contributed by atoms with E-state index in [1.54, 1.807) is 11.8 Å². The highest BCUT2D eigenvalue weighted by atomic mass is 32.2. The Kier molecular flexibility index (Phi) is 9.51. The average molecular weight is 560 g/mol. The molecule has 1 saturated heterocycles. The standard InChI is InChI=1S/C33H37NOS3/c1-34(24-13-10-17-27-15-4-2-5-16-27)23-12-3-11-22-32(36-25-14-26-37-32)33(35)28-18-6-8-20-30(28)38-31-21-9-7-19-29(31)33/h2,4-9,15-16,18-21,35H,10-11,13-14,17,22-26H2,1H3. The van der Waals surface area contributed by atoms with E-state index in [0.29, 0.717) is 0 Å². The Hall–Kier alpha value is -1.81. The second kappa shape index (κ2) is 13.0. The molecule has 2 nitrogen and oxygen atoms in total. The predicted octanol–water partition coefficient (Wildman–Crippen LogP) is 7.69. The van der Waals surface area contributed by atoms with E-state index in [0.717, 1.165) is 55.0 Å². The Morgan fingerprint density at radius 3 is 2.13 bits per heavy atom. The van der Waals surface area contributed by atoms with Gasteiger partial charge in [0.15, 0.2) is 0 Å². The SMILES string of the molecule is CN(CC#CCCC1(C2(O)c3ccccc3Sc3ccccc32)SCCCS1)CCCCc1ccccc1. The third-order valence-corrected chi connectivity index (χ3v) is 12.2. The molecule has 0 amide bonds. The van der Waals surface area contributed by atoms with Gasteiger partial charge in [-0.2, -0.15) is 0 Å². The monoisotopic (exact) mass is 559 g/mol. The number of benzene rings is 3. The molecule has 0 atom stereocenters. The maximum atomic E-state index is 12.8. The Labute approximate surface area is 241 Å². The summed E-state index contributed by atoms with van der Waals surface area (Å²) in [6, 6.07) is 27.6. The molecular weight excluding hydrogens is 523 g/mol. The van der Waals surface area contributed by atoms with Crippen molar-refractivity contribution >= 4 is 35.3 Å². The second-order valence-electron chi connectivity index (χ2n) is 10.1. The minimum Gasteiger partial charge on any atom is -0.378 e. The number of fused-ring (bicyclic) bond motifs is 2. The molecule has 38 heavy (non-hydrogen) atoms. The molecule has 0 spiro atoms. The molecule has 1 fully saturated rings. The van der Waals surface area contributed by atoms with E-state index in [1.807, 2.05) is 23.5 Å². The molecule has 198 valence electrons. The molecule has 0 aliphatic carbocycles. The number of hydrogen-bond acceptors (Lipinski definition) is 5. The van der Waals surface area contributed by atoms with Crippen molar-refractivity contribution in [1.29, 1.82) is 0 Å². The van der Waals surface area contributed by atoms with Crippen molar-refractivity contribution < 1.29 is 5.11 Å². The molecule has 1 N–H and O–H groups in total. The molecule has 3 aromatic rings. The lowest BCUT2D eigenvalue weighted by Crippen LogP contribution is -2.51. The summed E-state index contributed by atoms with van der Waals surface area (Å²) in [5.74, 6) is 9.05. The van der Waals surface area contributed by atoms with Crippen LogP contribution in [0.4, 0.5) is 0 Å². The number of thioether (sulfide) groups is 2. The van der Waals surface area contributed by atoms with Crippen molar-refractivity contribution in [3.63, 3.8) is 0 Å². The Morgan fingerprint density at radius 2 is 1.45 bits per heavy atom. The number of unbranched alkanes of at least 4 members (excludes halogenated alkanes) is 1. The van der Waals surface area contributed by atoms with Gasteiger partial charge in [-0.05, 0) is 74.9 Å². The molecule has 2 aliphatic rings. The predicted molar refractivity (Wildman–Crippen MR) is 166 cm³/mol. The zero-order chi connectivity index (χ0) is 26.3. The van der Waals surface area contributed by atoms with Crippen LogP contribution in [-0.2, 0) is 12.0 Å². The third kappa shape index (κ3) is 6.01. The highest BCUT2D eigenvalue weighted by Gasteiger charge is 2.56. The van der Waals surface area contributed by atoms with Gasteiger partial charge >= 0.3 is 0 Å². The molecule has 0 bridgehead atoms. The smallest absolute Gasteiger partial charge is 0.140 e. The normalized spacial score (nSPS) is 17.2. The summed E-state index contributed by atoms with van der Waals surface area (Å²) in [6.07, 6.45) is 6.38. The van der Waals surface area contributed by atoms with Gasteiger partial charge in [-0.15, -0.1) is 29.4 Å². The first-order valence-electron chi connectivity index (χ1n) is 13.7. The zero-order valence-corrected chi connectivity index (χ0v) is 24.6. The van der Waals surface area contributed by atoms with Crippen LogP contribution in [-0.4, -0.2) is 45.7 Å². The molecule has 2 heterocycles. The molecule has 0 radical (unpaired) electrons. The van der Waals surface area contributed by atoms with E-state index in [4.69, 9.17) is 0 Å². The van der Waals surface area contributed by atoms with Crippen LogP contribution in [0.3, 0.4) is 0 Å². The molecule has 5 heteroatoms. The number of rotatable bonds is 9. The van der Waals surface area contributed by atoms with E-state index in [9.17, 15) is 5.11 Å². The van der Waals surface area contributed by atoms with Gasteiger partial charge < -0.3 is 5.11 Å². The maximum absolute atomic E-state index is 12.8. The van der Waals surface area contributed by atoms with E-state index < -0.39 is 5.60 Å². The summed E-state index contributed by atoms with van der Waals surface area (Å²) >= 11 is 5.67. The quantitative estimate of drug-likeness (QED) is 0.214. The van der Waals surface area contributed by atoms with Crippen molar-refractivity contribution in [1.82, 2.24) is 4.90 Å². The van der Waals surface area contributed by atoms with Gasteiger partial charge in [0.05, 0.1) is 10.6 Å². The number of hydrogen-bond donors (Lipinski definition) is 1. The fourth-order valence-corrected chi connectivity index (χ4v) is 10.2. The summed E-state index contributed by atoms with van der Waals surface area (Å²) in [5.41, 5.74) is 2.48.